The first-order valence-corrected chi connectivity index (χ1v) is 11.1. The Labute approximate surface area is 180 Å². The first-order valence-electron chi connectivity index (χ1n) is 10.3. The van der Waals surface area contributed by atoms with Crippen LogP contribution >= 0.6 is 11.3 Å². The largest absolute Gasteiger partial charge is 0.369 e. The number of nitrogens with two attached hydrogens (primary N) is 2. The molecule has 0 radical (unpaired) electrons. The molecule has 2 heterocycles. The van der Waals surface area contributed by atoms with Crippen molar-refractivity contribution in [2.75, 3.05) is 4.90 Å². The molecule has 2 aromatic carbocycles. The molecule has 152 valence electrons. The van der Waals surface area contributed by atoms with Crippen molar-refractivity contribution in [2.45, 2.75) is 37.8 Å². The third kappa shape index (κ3) is 3.35. The zero-order valence-electron chi connectivity index (χ0n) is 16.7. The molecule has 1 saturated carbocycles. The van der Waals surface area contributed by atoms with E-state index in [2.05, 4.69) is 45.6 Å². The van der Waals surface area contributed by atoms with Gasteiger partial charge in [-0.05, 0) is 37.8 Å². The number of rotatable bonds is 3. The summed E-state index contributed by atoms with van der Waals surface area (Å²) in [6, 6.07) is 18.5. The Morgan fingerprint density at radius 2 is 1.67 bits per heavy atom. The summed E-state index contributed by atoms with van der Waals surface area (Å²) in [6.45, 7) is 0. The van der Waals surface area contributed by atoms with E-state index in [1.807, 2.05) is 24.3 Å². The Balaban J connectivity index is 1.52. The van der Waals surface area contributed by atoms with E-state index in [9.17, 15) is 0 Å². The summed E-state index contributed by atoms with van der Waals surface area (Å²) < 4.78 is 0. The number of aliphatic imine (C=N–C) groups is 2. The Bertz CT molecular complexity index is 1110. The van der Waals surface area contributed by atoms with E-state index < -0.39 is 5.66 Å². The predicted molar refractivity (Wildman–Crippen MR) is 125 cm³/mol. The fourth-order valence-electron chi connectivity index (χ4n) is 4.42. The SMILES string of the molecule is NC1=NC2(CCCCC2)N(c2cccc(-c3nc(-c4ccccc4)cs3)c2)C(N)=N1. The van der Waals surface area contributed by atoms with Gasteiger partial charge < -0.3 is 11.5 Å². The number of hydrogen-bond acceptors (Lipinski definition) is 7. The van der Waals surface area contributed by atoms with E-state index in [4.69, 9.17) is 21.4 Å². The van der Waals surface area contributed by atoms with Crippen LogP contribution in [-0.2, 0) is 0 Å². The minimum Gasteiger partial charge on any atom is -0.369 e. The Hall–Kier alpha value is -3.19. The van der Waals surface area contributed by atoms with Crippen molar-refractivity contribution < 1.29 is 0 Å². The van der Waals surface area contributed by atoms with Crippen LogP contribution in [0.15, 0.2) is 70.0 Å². The zero-order chi connectivity index (χ0) is 20.6. The van der Waals surface area contributed by atoms with Gasteiger partial charge in [0.15, 0.2) is 0 Å². The van der Waals surface area contributed by atoms with Crippen LogP contribution in [-0.4, -0.2) is 22.6 Å². The first kappa shape index (κ1) is 18.8. The second-order valence-electron chi connectivity index (χ2n) is 7.77. The summed E-state index contributed by atoms with van der Waals surface area (Å²) in [6.07, 6.45) is 5.26. The van der Waals surface area contributed by atoms with Gasteiger partial charge in [-0.25, -0.2) is 9.98 Å². The monoisotopic (exact) mass is 416 g/mol. The van der Waals surface area contributed by atoms with Crippen LogP contribution in [0.25, 0.3) is 21.8 Å². The quantitative estimate of drug-likeness (QED) is 0.653. The predicted octanol–water partition coefficient (Wildman–Crippen LogP) is 4.59. The maximum atomic E-state index is 6.38. The van der Waals surface area contributed by atoms with Crippen molar-refractivity contribution in [2.24, 2.45) is 21.5 Å². The Kier molecular flexibility index (Phi) is 4.75. The van der Waals surface area contributed by atoms with E-state index in [1.54, 1.807) is 11.3 Å². The molecule has 1 aliphatic heterocycles. The molecule has 0 amide bonds. The number of guanidine groups is 2. The zero-order valence-corrected chi connectivity index (χ0v) is 17.5. The van der Waals surface area contributed by atoms with Gasteiger partial charge in [-0.15, -0.1) is 11.3 Å². The molecule has 4 N–H and O–H groups in total. The van der Waals surface area contributed by atoms with Gasteiger partial charge in [0.2, 0.25) is 11.9 Å². The van der Waals surface area contributed by atoms with E-state index in [0.717, 1.165) is 53.2 Å². The lowest BCUT2D eigenvalue weighted by atomic mass is 9.87. The van der Waals surface area contributed by atoms with E-state index in [0.29, 0.717) is 5.96 Å². The number of hydrogen-bond donors (Lipinski definition) is 2. The lowest BCUT2D eigenvalue weighted by Crippen LogP contribution is -2.58. The lowest BCUT2D eigenvalue weighted by molar-refractivity contribution is 0.305. The van der Waals surface area contributed by atoms with Crippen LogP contribution < -0.4 is 16.4 Å². The highest BCUT2D eigenvalue weighted by molar-refractivity contribution is 7.13. The summed E-state index contributed by atoms with van der Waals surface area (Å²) in [5.41, 5.74) is 16.1. The van der Waals surface area contributed by atoms with Crippen LogP contribution in [0.2, 0.25) is 0 Å². The van der Waals surface area contributed by atoms with E-state index in [-0.39, 0.29) is 5.96 Å². The fraction of sp³-hybridized carbons (Fsp3) is 0.261. The molecule has 3 aromatic rings. The molecule has 7 heteroatoms. The number of nitrogens with zero attached hydrogens (tertiary/aromatic N) is 4. The van der Waals surface area contributed by atoms with Gasteiger partial charge in [0.05, 0.1) is 5.69 Å². The van der Waals surface area contributed by atoms with Crippen molar-refractivity contribution in [1.82, 2.24) is 4.98 Å². The molecular formula is C23H24N6S. The van der Waals surface area contributed by atoms with Crippen molar-refractivity contribution in [1.29, 1.82) is 0 Å². The maximum absolute atomic E-state index is 6.38. The van der Waals surface area contributed by atoms with Gasteiger partial charge in [0.25, 0.3) is 0 Å². The van der Waals surface area contributed by atoms with Crippen LogP contribution in [0.3, 0.4) is 0 Å². The molecule has 0 saturated heterocycles. The molecule has 0 unspecified atom stereocenters. The molecule has 1 fully saturated rings. The minimum atomic E-state index is -0.440. The van der Waals surface area contributed by atoms with Crippen molar-refractivity contribution in [3.05, 3.63) is 60.0 Å². The second kappa shape index (κ2) is 7.57. The number of anilines is 1. The Morgan fingerprint density at radius 1 is 0.900 bits per heavy atom. The summed E-state index contributed by atoms with van der Waals surface area (Å²) in [4.78, 5) is 16.0. The minimum absolute atomic E-state index is 0.272. The highest BCUT2D eigenvalue weighted by Crippen LogP contribution is 2.40. The van der Waals surface area contributed by atoms with Gasteiger partial charge in [0.1, 0.15) is 10.7 Å². The molecule has 0 atom stereocenters. The molecular weight excluding hydrogens is 392 g/mol. The first-order chi connectivity index (χ1) is 14.6. The topological polar surface area (TPSA) is 92.9 Å². The molecule has 5 rings (SSSR count). The van der Waals surface area contributed by atoms with Gasteiger partial charge in [-0.3, -0.25) is 4.90 Å². The molecule has 0 bridgehead atoms. The van der Waals surface area contributed by atoms with Gasteiger partial charge in [-0.2, -0.15) is 4.99 Å². The van der Waals surface area contributed by atoms with Gasteiger partial charge in [-0.1, -0.05) is 48.9 Å². The summed E-state index contributed by atoms with van der Waals surface area (Å²) >= 11 is 1.64. The van der Waals surface area contributed by atoms with E-state index >= 15 is 0 Å². The average molecular weight is 417 g/mol. The summed E-state index contributed by atoms with van der Waals surface area (Å²) in [7, 11) is 0. The third-order valence-corrected chi connectivity index (χ3v) is 6.67. The average Bonchev–Trinajstić information content (AvgIpc) is 3.25. The smallest absolute Gasteiger partial charge is 0.220 e. The summed E-state index contributed by atoms with van der Waals surface area (Å²) in [5.74, 6) is 0.680. The standard InChI is InChI=1S/C23H24N6S/c24-21-27-22(25)29(23(28-21)12-5-2-6-13-23)18-11-7-10-17(14-18)20-26-19(15-30-20)16-8-3-1-4-9-16/h1,3-4,7-11,14-15H,2,5-6,12-13H2,(H4,24,25,27,28). The molecule has 30 heavy (non-hydrogen) atoms. The molecule has 1 spiro atoms. The second-order valence-corrected chi connectivity index (χ2v) is 8.63. The third-order valence-electron chi connectivity index (χ3n) is 5.78. The Morgan fingerprint density at radius 3 is 2.47 bits per heavy atom. The van der Waals surface area contributed by atoms with Crippen molar-refractivity contribution in [3.63, 3.8) is 0 Å². The van der Waals surface area contributed by atoms with Crippen LogP contribution in [0, 0.1) is 0 Å². The van der Waals surface area contributed by atoms with Crippen LogP contribution in [0.1, 0.15) is 32.1 Å². The summed E-state index contributed by atoms with van der Waals surface area (Å²) in [5, 5.41) is 3.07. The fourth-order valence-corrected chi connectivity index (χ4v) is 5.25. The number of benzene rings is 2. The highest BCUT2D eigenvalue weighted by Gasteiger charge is 2.42. The normalized spacial score (nSPS) is 18.2. The van der Waals surface area contributed by atoms with Crippen molar-refractivity contribution in [3.8, 4) is 21.8 Å². The van der Waals surface area contributed by atoms with Gasteiger partial charge in [0, 0.05) is 22.2 Å². The van der Waals surface area contributed by atoms with E-state index in [1.165, 1.54) is 6.42 Å². The highest BCUT2D eigenvalue weighted by atomic mass is 32.1. The molecule has 6 nitrogen and oxygen atoms in total. The lowest BCUT2D eigenvalue weighted by Gasteiger charge is -2.45. The molecule has 2 aliphatic rings. The maximum Gasteiger partial charge on any atom is 0.220 e. The molecule has 1 aromatic heterocycles. The number of thiazole rings is 1. The number of aromatic nitrogens is 1. The van der Waals surface area contributed by atoms with Crippen LogP contribution in [0.4, 0.5) is 5.69 Å². The van der Waals surface area contributed by atoms with Crippen molar-refractivity contribution >= 4 is 28.9 Å². The molecule has 1 aliphatic carbocycles. The van der Waals surface area contributed by atoms with Crippen LogP contribution in [0.5, 0.6) is 0 Å². The van der Waals surface area contributed by atoms with Gasteiger partial charge >= 0.3 is 0 Å².